The van der Waals surface area contributed by atoms with Crippen molar-refractivity contribution in [1.82, 2.24) is 4.90 Å². The second-order valence-electron chi connectivity index (χ2n) is 4.53. The van der Waals surface area contributed by atoms with Crippen LogP contribution in [0, 0.1) is 6.92 Å². The van der Waals surface area contributed by atoms with E-state index in [9.17, 15) is 9.59 Å². The van der Waals surface area contributed by atoms with Crippen molar-refractivity contribution >= 4 is 17.5 Å². The summed E-state index contributed by atoms with van der Waals surface area (Å²) in [6.07, 6.45) is 0. The molecule has 0 aliphatic heterocycles. The smallest absolute Gasteiger partial charge is 0.256 e. The number of benzene rings is 1. The average molecular weight is 249 g/mol. The van der Waals surface area contributed by atoms with Crippen LogP contribution in [-0.4, -0.2) is 29.3 Å². The maximum absolute atomic E-state index is 12.4. The van der Waals surface area contributed by atoms with Gasteiger partial charge in [-0.1, -0.05) is 12.1 Å². The number of primary amides is 1. The third kappa shape index (κ3) is 3.00. The summed E-state index contributed by atoms with van der Waals surface area (Å²) in [4.78, 5) is 24.8. The number of hydrogen-bond donors (Lipinski definition) is 2. The van der Waals surface area contributed by atoms with E-state index in [4.69, 9.17) is 11.5 Å². The molecule has 0 radical (unpaired) electrons. The van der Waals surface area contributed by atoms with Gasteiger partial charge in [-0.3, -0.25) is 9.59 Å². The van der Waals surface area contributed by atoms with Crippen LogP contribution >= 0.6 is 0 Å². The summed E-state index contributed by atoms with van der Waals surface area (Å²) >= 11 is 0. The van der Waals surface area contributed by atoms with E-state index < -0.39 is 5.91 Å². The zero-order chi connectivity index (χ0) is 13.9. The van der Waals surface area contributed by atoms with Crippen molar-refractivity contribution in [2.75, 3.05) is 12.3 Å². The molecule has 1 rings (SSSR count). The minimum absolute atomic E-state index is 0.107. The molecule has 5 nitrogen and oxygen atoms in total. The molecule has 0 unspecified atom stereocenters. The van der Waals surface area contributed by atoms with Crippen molar-refractivity contribution in [2.24, 2.45) is 5.73 Å². The fourth-order valence-electron chi connectivity index (χ4n) is 1.78. The second-order valence-corrected chi connectivity index (χ2v) is 4.53. The number of nitrogens with two attached hydrogens (primary N) is 2. The molecule has 0 saturated carbocycles. The van der Waals surface area contributed by atoms with E-state index in [-0.39, 0.29) is 18.5 Å². The number of carbonyl (C=O) groups is 2. The van der Waals surface area contributed by atoms with Gasteiger partial charge in [-0.2, -0.15) is 0 Å². The van der Waals surface area contributed by atoms with E-state index in [2.05, 4.69) is 0 Å². The molecule has 5 heteroatoms. The van der Waals surface area contributed by atoms with Gasteiger partial charge >= 0.3 is 0 Å². The Bertz CT molecular complexity index is 449. The zero-order valence-corrected chi connectivity index (χ0v) is 10.9. The Balaban J connectivity index is 3.14. The summed E-state index contributed by atoms with van der Waals surface area (Å²) in [5.74, 6) is -0.802. The van der Waals surface area contributed by atoms with Gasteiger partial charge in [0.1, 0.15) is 0 Å². The summed E-state index contributed by atoms with van der Waals surface area (Å²) in [5, 5.41) is 0. The Morgan fingerprint density at radius 2 is 1.94 bits per heavy atom. The molecule has 1 aromatic carbocycles. The highest BCUT2D eigenvalue weighted by Crippen LogP contribution is 2.19. The number of carbonyl (C=O) groups excluding carboxylic acids is 2. The summed E-state index contributed by atoms with van der Waals surface area (Å²) in [7, 11) is 0. The second kappa shape index (κ2) is 5.53. The molecule has 0 fully saturated rings. The van der Waals surface area contributed by atoms with Crippen LogP contribution < -0.4 is 11.5 Å². The van der Waals surface area contributed by atoms with E-state index in [0.717, 1.165) is 5.56 Å². The fourth-order valence-corrected chi connectivity index (χ4v) is 1.78. The van der Waals surface area contributed by atoms with Gasteiger partial charge in [0.15, 0.2) is 0 Å². The first kappa shape index (κ1) is 14.0. The molecule has 98 valence electrons. The Hall–Kier alpha value is -2.04. The van der Waals surface area contributed by atoms with E-state index in [1.807, 2.05) is 26.8 Å². The molecular formula is C13H19N3O2. The van der Waals surface area contributed by atoms with Gasteiger partial charge in [-0.05, 0) is 32.4 Å². The molecule has 0 heterocycles. The fraction of sp³-hybridized carbons (Fsp3) is 0.385. The first-order valence-corrected chi connectivity index (χ1v) is 5.79. The number of aryl methyl sites for hydroxylation is 1. The maximum atomic E-state index is 12.4. The molecule has 0 aliphatic rings. The minimum atomic E-state index is -0.538. The lowest BCUT2D eigenvalue weighted by molar-refractivity contribution is -0.119. The predicted molar refractivity (Wildman–Crippen MR) is 71.0 cm³/mol. The largest absolute Gasteiger partial charge is 0.398 e. The van der Waals surface area contributed by atoms with Gasteiger partial charge in [0, 0.05) is 11.7 Å². The number of rotatable bonds is 4. The Kier molecular flexibility index (Phi) is 4.31. The molecule has 0 aliphatic carbocycles. The van der Waals surface area contributed by atoms with E-state index in [0.29, 0.717) is 11.3 Å². The summed E-state index contributed by atoms with van der Waals surface area (Å²) in [6.45, 7) is 5.36. The van der Waals surface area contributed by atoms with Gasteiger partial charge < -0.3 is 16.4 Å². The number of amides is 2. The normalized spacial score (nSPS) is 10.4. The average Bonchev–Trinajstić information content (AvgIpc) is 2.24. The SMILES string of the molecule is Cc1cccc(N)c1C(=O)N(CC(N)=O)C(C)C. The van der Waals surface area contributed by atoms with Crippen LogP contribution in [0.15, 0.2) is 18.2 Å². The Labute approximate surface area is 107 Å². The monoisotopic (exact) mass is 249 g/mol. The number of anilines is 1. The molecular weight excluding hydrogens is 230 g/mol. The first-order valence-electron chi connectivity index (χ1n) is 5.79. The number of nitrogen functional groups attached to an aromatic ring is 1. The van der Waals surface area contributed by atoms with E-state index >= 15 is 0 Å². The highest BCUT2D eigenvalue weighted by molar-refractivity contribution is 6.02. The lowest BCUT2D eigenvalue weighted by Crippen LogP contribution is -2.43. The van der Waals surface area contributed by atoms with Crippen LogP contribution in [0.4, 0.5) is 5.69 Å². The third-order valence-corrected chi connectivity index (χ3v) is 2.73. The van der Waals surface area contributed by atoms with Crippen LogP contribution in [0.5, 0.6) is 0 Å². The molecule has 0 atom stereocenters. The lowest BCUT2D eigenvalue weighted by atomic mass is 10.0. The summed E-state index contributed by atoms with van der Waals surface area (Å²) in [6, 6.07) is 5.15. The molecule has 0 bridgehead atoms. The van der Waals surface area contributed by atoms with Crippen LogP contribution in [-0.2, 0) is 4.79 Å². The van der Waals surface area contributed by atoms with Gasteiger partial charge in [0.05, 0.1) is 12.1 Å². The molecule has 0 spiro atoms. The van der Waals surface area contributed by atoms with Crippen molar-refractivity contribution in [2.45, 2.75) is 26.8 Å². The molecule has 1 aromatic rings. The van der Waals surface area contributed by atoms with E-state index in [1.165, 1.54) is 4.90 Å². The maximum Gasteiger partial charge on any atom is 0.256 e. The van der Waals surface area contributed by atoms with Crippen molar-refractivity contribution < 1.29 is 9.59 Å². The quantitative estimate of drug-likeness (QED) is 0.777. The Morgan fingerprint density at radius 1 is 1.33 bits per heavy atom. The van der Waals surface area contributed by atoms with Gasteiger partial charge in [-0.25, -0.2) is 0 Å². The predicted octanol–water partition coefficient (Wildman–Crippen LogP) is 0.913. The van der Waals surface area contributed by atoms with Crippen molar-refractivity contribution in [3.63, 3.8) is 0 Å². The lowest BCUT2D eigenvalue weighted by Gasteiger charge is -2.26. The summed E-state index contributed by atoms with van der Waals surface area (Å²) < 4.78 is 0. The topological polar surface area (TPSA) is 89.4 Å². The van der Waals surface area contributed by atoms with Gasteiger partial charge in [0.25, 0.3) is 5.91 Å². The molecule has 0 aromatic heterocycles. The van der Waals surface area contributed by atoms with Crippen molar-refractivity contribution in [3.8, 4) is 0 Å². The third-order valence-electron chi connectivity index (χ3n) is 2.73. The zero-order valence-electron chi connectivity index (χ0n) is 10.9. The summed E-state index contributed by atoms with van der Waals surface area (Å²) in [5.41, 5.74) is 12.6. The highest BCUT2D eigenvalue weighted by Gasteiger charge is 2.23. The van der Waals surface area contributed by atoms with Crippen molar-refractivity contribution in [1.29, 1.82) is 0 Å². The first-order chi connectivity index (χ1) is 8.34. The number of hydrogen-bond acceptors (Lipinski definition) is 3. The van der Waals surface area contributed by atoms with Gasteiger partial charge in [-0.15, -0.1) is 0 Å². The molecule has 18 heavy (non-hydrogen) atoms. The van der Waals surface area contributed by atoms with Crippen LogP contribution in [0.25, 0.3) is 0 Å². The van der Waals surface area contributed by atoms with Crippen molar-refractivity contribution in [3.05, 3.63) is 29.3 Å². The Morgan fingerprint density at radius 3 is 2.39 bits per heavy atom. The molecule has 0 saturated heterocycles. The standard InChI is InChI=1S/C13H19N3O2/c1-8(2)16(7-11(15)17)13(18)12-9(3)5-4-6-10(12)14/h4-6,8H,7,14H2,1-3H3,(H2,15,17). The van der Waals surface area contributed by atoms with Crippen LogP contribution in [0.2, 0.25) is 0 Å². The van der Waals surface area contributed by atoms with Crippen LogP contribution in [0.1, 0.15) is 29.8 Å². The van der Waals surface area contributed by atoms with E-state index in [1.54, 1.807) is 12.1 Å². The minimum Gasteiger partial charge on any atom is -0.398 e. The van der Waals surface area contributed by atoms with Gasteiger partial charge in [0.2, 0.25) is 5.91 Å². The van der Waals surface area contributed by atoms with Crippen LogP contribution in [0.3, 0.4) is 0 Å². The number of nitrogens with zero attached hydrogens (tertiary/aromatic N) is 1. The molecule has 4 N–H and O–H groups in total. The molecule has 2 amide bonds. The highest BCUT2D eigenvalue weighted by atomic mass is 16.2.